The van der Waals surface area contributed by atoms with E-state index in [-0.39, 0.29) is 16.9 Å². The van der Waals surface area contributed by atoms with Crippen molar-refractivity contribution in [1.29, 1.82) is 0 Å². The summed E-state index contributed by atoms with van der Waals surface area (Å²) in [5, 5.41) is 0. The minimum Gasteiger partial charge on any atom is -0.264 e. The average molecular weight is 427 g/mol. The van der Waals surface area contributed by atoms with Crippen LogP contribution in [0.5, 0.6) is 0 Å². The Kier molecular flexibility index (Phi) is 4.79. The summed E-state index contributed by atoms with van der Waals surface area (Å²) in [5.41, 5.74) is 4.81. The Labute approximate surface area is 181 Å². The molecule has 2 fully saturated rings. The number of rotatable bonds is 3. The van der Waals surface area contributed by atoms with Crippen LogP contribution in [-0.4, -0.2) is 25.7 Å². The lowest BCUT2D eigenvalue weighted by Crippen LogP contribution is -2.51. The average Bonchev–Trinajstić information content (AvgIpc) is 3.05. The number of pyridine rings is 1. The van der Waals surface area contributed by atoms with Gasteiger partial charge in [0.2, 0.25) is 10.0 Å². The molecule has 4 aliphatic carbocycles. The van der Waals surface area contributed by atoms with Gasteiger partial charge in [0.05, 0.1) is 6.26 Å². The van der Waals surface area contributed by atoms with Gasteiger partial charge in [-0.05, 0) is 90.7 Å². The van der Waals surface area contributed by atoms with Crippen LogP contribution in [0.1, 0.15) is 64.4 Å². The fourth-order valence-electron chi connectivity index (χ4n) is 7.60. The summed E-state index contributed by atoms with van der Waals surface area (Å²) in [6.45, 7) is 4.97. The molecule has 5 heteroatoms. The first-order chi connectivity index (χ1) is 14.2. The molecule has 0 aromatic carbocycles. The van der Waals surface area contributed by atoms with Crippen molar-refractivity contribution in [2.45, 2.75) is 64.8 Å². The van der Waals surface area contributed by atoms with E-state index in [4.69, 9.17) is 0 Å². The van der Waals surface area contributed by atoms with E-state index < -0.39 is 10.0 Å². The summed E-state index contributed by atoms with van der Waals surface area (Å²) in [4.78, 5) is 4.38. The second kappa shape index (κ2) is 7.03. The maximum atomic E-state index is 11.7. The van der Waals surface area contributed by atoms with E-state index in [1.807, 2.05) is 12.4 Å². The van der Waals surface area contributed by atoms with Crippen LogP contribution < -0.4 is 4.72 Å². The normalized spacial score (nSPS) is 40.6. The topological polar surface area (TPSA) is 59.1 Å². The summed E-state index contributed by atoms with van der Waals surface area (Å²) >= 11 is 0. The molecule has 1 aromatic heterocycles. The van der Waals surface area contributed by atoms with Gasteiger partial charge in [0.1, 0.15) is 0 Å². The minimum absolute atomic E-state index is 0.0649. The lowest BCUT2D eigenvalue weighted by atomic mass is 9.47. The standard InChI is InChI=1S/C25H34N2O2S/c1-24-12-10-19(27-30(3,28)29)15-18(24)6-7-20-22-9-8-21(17-5-4-14-26-16-17)25(22,2)13-11-23(20)24/h4-6,8,14,16,19-20,22-23,27H,7,9-13,15H2,1-3H3/t19-,20+,22+,23+,24+,25-/m1/s1. The van der Waals surface area contributed by atoms with Crippen LogP contribution >= 0.6 is 0 Å². The van der Waals surface area contributed by atoms with E-state index >= 15 is 0 Å². The van der Waals surface area contributed by atoms with Gasteiger partial charge in [-0.2, -0.15) is 0 Å². The van der Waals surface area contributed by atoms with Crippen molar-refractivity contribution in [1.82, 2.24) is 9.71 Å². The molecule has 4 nitrogen and oxygen atoms in total. The molecule has 162 valence electrons. The smallest absolute Gasteiger partial charge is 0.208 e. The first-order valence-electron chi connectivity index (χ1n) is 11.5. The molecule has 1 heterocycles. The van der Waals surface area contributed by atoms with Crippen LogP contribution in [0, 0.1) is 28.6 Å². The van der Waals surface area contributed by atoms with Gasteiger partial charge in [0.25, 0.3) is 0 Å². The zero-order valence-electron chi connectivity index (χ0n) is 18.4. The van der Waals surface area contributed by atoms with Gasteiger partial charge >= 0.3 is 0 Å². The van der Waals surface area contributed by atoms with E-state index in [1.165, 1.54) is 42.2 Å². The Morgan fingerprint density at radius 3 is 2.60 bits per heavy atom. The van der Waals surface area contributed by atoms with Crippen molar-refractivity contribution < 1.29 is 8.42 Å². The van der Waals surface area contributed by atoms with Crippen molar-refractivity contribution in [3.05, 3.63) is 47.8 Å². The first-order valence-corrected chi connectivity index (χ1v) is 13.4. The van der Waals surface area contributed by atoms with Crippen molar-refractivity contribution in [2.24, 2.45) is 28.6 Å². The highest BCUT2D eigenvalue weighted by Gasteiger charge is 2.56. The predicted molar refractivity (Wildman–Crippen MR) is 121 cm³/mol. The fraction of sp³-hybridized carbons (Fsp3) is 0.640. The third-order valence-corrected chi connectivity index (χ3v) is 9.80. The fourth-order valence-corrected chi connectivity index (χ4v) is 8.41. The van der Waals surface area contributed by atoms with Crippen LogP contribution in [0.2, 0.25) is 0 Å². The molecule has 0 saturated heterocycles. The maximum Gasteiger partial charge on any atom is 0.208 e. The third kappa shape index (κ3) is 3.20. The quantitative estimate of drug-likeness (QED) is 0.695. The van der Waals surface area contributed by atoms with E-state index in [0.29, 0.717) is 5.92 Å². The van der Waals surface area contributed by atoms with E-state index in [2.05, 4.69) is 47.8 Å². The molecular formula is C25H34N2O2S. The van der Waals surface area contributed by atoms with Gasteiger partial charge in [-0.1, -0.05) is 37.6 Å². The number of allylic oxidation sites excluding steroid dienone is 3. The van der Waals surface area contributed by atoms with Crippen LogP contribution in [0.3, 0.4) is 0 Å². The summed E-state index contributed by atoms with van der Waals surface area (Å²) < 4.78 is 26.3. The van der Waals surface area contributed by atoms with E-state index in [9.17, 15) is 8.42 Å². The Balaban J connectivity index is 1.40. The molecule has 0 radical (unpaired) electrons. The number of hydrogen-bond acceptors (Lipinski definition) is 3. The molecule has 0 unspecified atom stereocenters. The van der Waals surface area contributed by atoms with Crippen molar-refractivity contribution in [2.75, 3.05) is 6.26 Å². The molecule has 2 saturated carbocycles. The second-order valence-electron chi connectivity index (χ2n) is 10.6. The number of nitrogens with zero attached hydrogens (tertiary/aromatic N) is 1. The van der Waals surface area contributed by atoms with E-state index in [1.54, 1.807) is 0 Å². The Hall–Kier alpha value is -1.46. The summed E-state index contributed by atoms with van der Waals surface area (Å²) in [7, 11) is -3.15. The summed E-state index contributed by atoms with van der Waals surface area (Å²) in [6, 6.07) is 4.34. The SMILES string of the molecule is C[C@]12CC[C@@H](NS(C)(=O)=O)CC1=CC[C@@H]1[C@@H]2CC[C@]2(C)C(c3cccnc3)=CC[C@@H]12. The Bertz CT molecular complexity index is 999. The molecule has 1 aromatic rings. The highest BCUT2D eigenvalue weighted by atomic mass is 32.2. The van der Waals surface area contributed by atoms with Gasteiger partial charge in [0.15, 0.2) is 0 Å². The number of aromatic nitrogens is 1. The predicted octanol–water partition coefficient (Wildman–Crippen LogP) is 4.96. The molecule has 4 aliphatic rings. The van der Waals surface area contributed by atoms with Crippen molar-refractivity contribution in [3.63, 3.8) is 0 Å². The van der Waals surface area contributed by atoms with Crippen LogP contribution in [0.25, 0.3) is 5.57 Å². The Morgan fingerprint density at radius 1 is 1.07 bits per heavy atom. The zero-order valence-corrected chi connectivity index (χ0v) is 19.2. The van der Waals surface area contributed by atoms with Crippen LogP contribution in [-0.2, 0) is 10.0 Å². The molecule has 6 atom stereocenters. The zero-order chi connectivity index (χ0) is 21.1. The van der Waals surface area contributed by atoms with Gasteiger partial charge < -0.3 is 0 Å². The molecule has 30 heavy (non-hydrogen) atoms. The Morgan fingerprint density at radius 2 is 1.87 bits per heavy atom. The number of hydrogen-bond donors (Lipinski definition) is 1. The van der Waals surface area contributed by atoms with Gasteiger partial charge in [-0.15, -0.1) is 0 Å². The highest BCUT2D eigenvalue weighted by molar-refractivity contribution is 7.88. The molecule has 1 N–H and O–H groups in total. The summed E-state index contributed by atoms with van der Waals surface area (Å²) in [5.74, 6) is 2.15. The number of nitrogens with one attached hydrogen (secondary N) is 1. The minimum atomic E-state index is -3.15. The van der Waals surface area contributed by atoms with Crippen molar-refractivity contribution in [3.8, 4) is 0 Å². The lowest BCUT2D eigenvalue weighted by molar-refractivity contribution is -0.0117. The van der Waals surface area contributed by atoms with Crippen LogP contribution in [0.4, 0.5) is 0 Å². The second-order valence-corrected chi connectivity index (χ2v) is 12.4. The van der Waals surface area contributed by atoms with Gasteiger partial charge in [0, 0.05) is 18.4 Å². The molecule has 0 aliphatic heterocycles. The number of sulfonamides is 1. The molecular weight excluding hydrogens is 392 g/mol. The lowest BCUT2D eigenvalue weighted by Gasteiger charge is -2.58. The molecule has 0 amide bonds. The molecule has 0 bridgehead atoms. The monoisotopic (exact) mass is 426 g/mol. The van der Waals surface area contributed by atoms with Gasteiger partial charge in [-0.3, -0.25) is 4.98 Å². The number of fused-ring (bicyclic) bond motifs is 5. The van der Waals surface area contributed by atoms with Crippen LogP contribution in [0.15, 0.2) is 42.3 Å². The largest absolute Gasteiger partial charge is 0.264 e. The summed E-state index contributed by atoms with van der Waals surface area (Å²) in [6.07, 6.45) is 17.9. The van der Waals surface area contributed by atoms with Gasteiger partial charge in [-0.25, -0.2) is 13.1 Å². The molecule has 0 spiro atoms. The first kappa shape index (κ1) is 20.4. The third-order valence-electron chi connectivity index (χ3n) is 9.04. The highest BCUT2D eigenvalue weighted by Crippen LogP contribution is 2.66. The van der Waals surface area contributed by atoms with E-state index in [0.717, 1.165) is 37.5 Å². The maximum absolute atomic E-state index is 11.7. The van der Waals surface area contributed by atoms with Crippen molar-refractivity contribution >= 4 is 15.6 Å². The molecule has 5 rings (SSSR count).